The van der Waals surface area contributed by atoms with Crippen LogP contribution in [-0.2, 0) is 13.0 Å². The minimum atomic E-state index is 0.769. The van der Waals surface area contributed by atoms with Crippen molar-refractivity contribution in [3.8, 4) is 0 Å². The van der Waals surface area contributed by atoms with Crippen molar-refractivity contribution in [2.45, 2.75) is 40.2 Å². The summed E-state index contributed by atoms with van der Waals surface area (Å²) < 4.78 is 2.05. The molecule has 1 aromatic heterocycles. The van der Waals surface area contributed by atoms with Crippen molar-refractivity contribution in [3.05, 3.63) is 52.3 Å². The SMILES string of the molecule is CCNC(=NCCCn1nc(C)cc1C)NCCc1cccc(Cl)c1. The van der Waals surface area contributed by atoms with E-state index in [1.54, 1.807) is 0 Å². The maximum Gasteiger partial charge on any atom is 0.191 e. The number of hydrogen-bond acceptors (Lipinski definition) is 2. The monoisotopic (exact) mass is 361 g/mol. The maximum absolute atomic E-state index is 6.02. The molecule has 2 rings (SSSR count). The van der Waals surface area contributed by atoms with Gasteiger partial charge >= 0.3 is 0 Å². The summed E-state index contributed by atoms with van der Waals surface area (Å²) in [7, 11) is 0. The molecule has 0 aliphatic carbocycles. The van der Waals surface area contributed by atoms with E-state index in [-0.39, 0.29) is 0 Å². The number of aryl methyl sites for hydroxylation is 3. The summed E-state index contributed by atoms with van der Waals surface area (Å²) in [5, 5.41) is 11.9. The van der Waals surface area contributed by atoms with Gasteiger partial charge in [0.2, 0.25) is 0 Å². The van der Waals surface area contributed by atoms with Crippen molar-refractivity contribution in [1.29, 1.82) is 0 Å². The second-order valence-electron chi connectivity index (χ2n) is 6.07. The summed E-state index contributed by atoms with van der Waals surface area (Å²) in [5.41, 5.74) is 3.49. The number of benzene rings is 1. The lowest BCUT2D eigenvalue weighted by molar-refractivity contribution is 0.567. The Bertz CT molecular complexity index is 693. The fourth-order valence-corrected chi connectivity index (χ4v) is 2.88. The molecule has 25 heavy (non-hydrogen) atoms. The molecule has 2 aromatic rings. The Morgan fingerprint density at radius 1 is 1.24 bits per heavy atom. The van der Waals surface area contributed by atoms with E-state index < -0.39 is 0 Å². The van der Waals surface area contributed by atoms with Crippen molar-refractivity contribution in [2.24, 2.45) is 4.99 Å². The average Bonchev–Trinajstić information content (AvgIpc) is 2.89. The number of aromatic nitrogens is 2. The van der Waals surface area contributed by atoms with Gasteiger partial charge in [0, 0.05) is 36.9 Å². The number of nitrogens with zero attached hydrogens (tertiary/aromatic N) is 3. The highest BCUT2D eigenvalue weighted by Crippen LogP contribution is 2.10. The first kappa shape index (κ1) is 19.3. The molecule has 0 aliphatic rings. The highest BCUT2D eigenvalue weighted by atomic mass is 35.5. The zero-order chi connectivity index (χ0) is 18.1. The van der Waals surface area contributed by atoms with E-state index in [1.165, 1.54) is 11.3 Å². The standard InChI is InChI=1S/C19H28ClN5/c1-4-21-19(23-11-9-17-7-5-8-18(20)14-17)22-10-6-12-25-16(3)13-15(2)24-25/h5,7-8,13-14H,4,6,9-12H2,1-3H3,(H2,21,22,23). The molecule has 0 unspecified atom stereocenters. The summed E-state index contributed by atoms with van der Waals surface area (Å²) in [6.45, 7) is 9.52. The van der Waals surface area contributed by atoms with Crippen molar-refractivity contribution in [3.63, 3.8) is 0 Å². The molecule has 0 bridgehead atoms. The Morgan fingerprint density at radius 3 is 2.76 bits per heavy atom. The Labute approximate surface area is 155 Å². The Balaban J connectivity index is 1.76. The van der Waals surface area contributed by atoms with E-state index in [4.69, 9.17) is 11.6 Å². The van der Waals surface area contributed by atoms with Crippen molar-refractivity contribution >= 4 is 17.6 Å². The van der Waals surface area contributed by atoms with E-state index in [0.29, 0.717) is 0 Å². The molecular formula is C19H28ClN5. The molecule has 136 valence electrons. The number of guanidine groups is 1. The smallest absolute Gasteiger partial charge is 0.191 e. The molecule has 2 N–H and O–H groups in total. The lowest BCUT2D eigenvalue weighted by atomic mass is 10.1. The first-order valence-electron chi connectivity index (χ1n) is 8.86. The molecular weight excluding hydrogens is 334 g/mol. The van der Waals surface area contributed by atoms with Crippen LogP contribution in [0.1, 0.15) is 30.3 Å². The summed E-state index contributed by atoms with van der Waals surface area (Å²) >= 11 is 6.02. The van der Waals surface area contributed by atoms with Crippen molar-refractivity contribution in [1.82, 2.24) is 20.4 Å². The van der Waals surface area contributed by atoms with Crippen LogP contribution in [-0.4, -0.2) is 35.4 Å². The predicted molar refractivity (Wildman–Crippen MR) is 105 cm³/mol. The zero-order valence-electron chi connectivity index (χ0n) is 15.3. The van der Waals surface area contributed by atoms with Gasteiger partial charge in [-0.1, -0.05) is 23.7 Å². The predicted octanol–water partition coefficient (Wildman–Crippen LogP) is 3.34. The highest BCUT2D eigenvalue weighted by Gasteiger charge is 2.01. The normalized spacial score (nSPS) is 11.6. The Morgan fingerprint density at radius 2 is 2.08 bits per heavy atom. The van der Waals surface area contributed by atoms with Crippen molar-refractivity contribution in [2.75, 3.05) is 19.6 Å². The van der Waals surface area contributed by atoms with Gasteiger partial charge in [-0.25, -0.2) is 0 Å². The van der Waals surface area contributed by atoms with Crippen LogP contribution in [0.2, 0.25) is 5.02 Å². The van der Waals surface area contributed by atoms with Crippen LogP contribution in [0.15, 0.2) is 35.3 Å². The van der Waals surface area contributed by atoms with Crippen LogP contribution in [0.3, 0.4) is 0 Å². The average molecular weight is 362 g/mol. The topological polar surface area (TPSA) is 54.2 Å². The molecule has 0 radical (unpaired) electrons. The van der Waals surface area contributed by atoms with Gasteiger partial charge in [0.1, 0.15) is 0 Å². The second kappa shape index (κ2) is 10.1. The third-order valence-corrected chi connectivity index (χ3v) is 4.08. The molecule has 1 aromatic carbocycles. The molecule has 6 heteroatoms. The van der Waals surface area contributed by atoms with Crippen molar-refractivity contribution < 1.29 is 0 Å². The van der Waals surface area contributed by atoms with E-state index >= 15 is 0 Å². The first-order valence-corrected chi connectivity index (χ1v) is 9.24. The number of rotatable bonds is 8. The molecule has 0 aliphatic heterocycles. The molecule has 0 saturated heterocycles. The molecule has 0 amide bonds. The quantitative estimate of drug-likeness (QED) is 0.430. The molecule has 0 fully saturated rings. The summed E-state index contributed by atoms with van der Waals surface area (Å²) in [6.07, 6.45) is 1.88. The van der Waals surface area contributed by atoms with Crippen LogP contribution in [0.25, 0.3) is 0 Å². The van der Waals surface area contributed by atoms with E-state index in [2.05, 4.69) is 46.7 Å². The van der Waals surface area contributed by atoms with Crippen LogP contribution in [0, 0.1) is 13.8 Å². The van der Waals surface area contributed by atoms with Gasteiger partial charge in [0.25, 0.3) is 0 Å². The van der Waals surface area contributed by atoms with Crippen LogP contribution >= 0.6 is 11.6 Å². The Hall–Kier alpha value is -2.01. The highest BCUT2D eigenvalue weighted by molar-refractivity contribution is 6.30. The second-order valence-corrected chi connectivity index (χ2v) is 6.51. The van der Waals surface area contributed by atoms with Crippen LogP contribution in [0.4, 0.5) is 0 Å². The lowest BCUT2D eigenvalue weighted by Gasteiger charge is -2.11. The van der Waals surface area contributed by atoms with Gasteiger partial charge in [-0.2, -0.15) is 5.10 Å². The lowest BCUT2D eigenvalue weighted by Crippen LogP contribution is -2.38. The molecule has 0 atom stereocenters. The number of aliphatic imine (C=N–C) groups is 1. The molecule has 1 heterocycles. The summed E-state index contributed by atoms with van der Waals surface area (Å²) in [5.74, 6) is 0.859. The minimum absolute atomic E-state index is 0.769. The molecule has 0 spiro atoms. The van der Waals surface area contributed by atoms with E-state index in [9.17, 15) is 0 Å². The van der Waals surface area contributed by atoms with Gasteiger partial charge in [-0.3, -0.25) is 9.67 Å². The van der Waals surface area contributed by atoms with Gasteiger partial charge in [-0.15, -0.1) is 0 Å². The fourth-order valence-electron chi connectivity index (χ4n) is 2.67. The minimum Gasteiger partial charge on any atom is -0.357 e. The van der Waals surface area contributed by atoms with Gasteiger partial charge in [0.05, 0.1) is 5.69 Å². The van der Waals surface area contributed by atoms with Gasteiger partial charge < -0.3 is 10.6 Å². The van der Waals surface area contributed by atoms with Crippen LogP contribution < -0.4 is 10.6 Å². The third-order valence-electron chi connectivity index (χ3n) is 3.84. The maximum atomic E-state index is 6.02. The third kappa shape index (κ3) is 6.78. The van der Waals surface area contributed by atoms with Gasteiger partial charge in [-0.05, 0) is 57.4 Å². The number of hydrogen-bond donors (Lipinski definition) is 2. The Kier molecular flexibility index (Phi) is 7.79. The molecule has 0 saturated carbocycles. The van der Waals surface area contributed by atoms with E-state index in [1.807, 2.05) is 29.8 Å². The zero-order valence-corrected chi connectivity index (χ0v) is 16.1. The largest absolute Gasteiger partial charge is 0.357 e. The summed E-state index contributed by atoms with van der Waals surface area (Å²) in [6, 6.07) is 10.1. The number of halogens is 1. The van der Waals surface area contributed by atoms with Crippen LogP contribution in [0.5, 0.6) is 0 Å². The summed E-state index contributed by atoms with van der Waals surface area (Å²) in [4.78, 5) is 4.64. The molecule has 5 nitrogen and oxygen atoms in total. The fraction of sp³-hybridized carbons (Fsp3) is 0.474. The van der Waals surface area contributed by atoms with E-state index in [0.717, 1.165) is 55.7 Å². The first-order chi connectivity index (χ1) is 12.1. The van der Waals surface area contributed by atoms with Gasteiger partial charge in [0.15, 0.2) is 5.96 Å². The number of nitrogens with one attached hydrogen (secondary N) is 2.